The predicted octanol–water partition coefficient (Wildman–Crippen LogP) is 2.69. The number of nitrogens with one attached hydrogen (secondary N) is 1. The second-order valence-corrected chi connectivity index (χ2v) is 5.86. The fourth-order valence-corrected chi connectivity index (χ4v) is 2.86. The molecular weight excluding hydrogens is 320 g/mol. The molecule has 2 aromatic carbocycles. The summed E-state index contributed by atoms with van der Waals surface area (Å²) in [5.74, 6) is 0.761. The van der Waals surface area contributed by atoms with E-state index in [9.17, 15) is 9.59 Å². The quantitative estimate of drug-likeness (QED) is 0.909. The van der Waals surface area contributed by atoms with Crippen LogP contribution in [0, 0.1) is 0 Å². The third kappa shape index (κ3) is 3.28. The summed E-state index contributed by atoms with van der Waals surface area (Å²) >= 11 is 0. The molecule has 0 radical (unpaired) electrons. The van der Waals surface area contributed by atoms with Crippen LogP contribution in [0.4, 0.5) is 5.69 Å². The van der Waals surface area contributed by atoms with Crippen LogP contribution in [-0.4, -0.2) is 37.0 Å². The van der Waals surface area contributed by atoms with E-state index < -0.39 is 6.04 Å². The van der Waals surface area contributed by atoms with E-state index in [1.165, 1.54) is 0 Å². The minimum Gasteiger partial charge on any atom is -0.497 e. The van der Waals surface area contributed by atoms with E-state index >= 15 is 0 Å². The maximum absolute atomic E-state index is 12.6. The highest BCUT2D eigenvalue weighted by Gasteiger charge is 2.33. The van der Waals surface area contributed by atoms with E-state index in [0.29, 0.717) is 29.3 Å². The Hall–Kier alpha value is -3.02. The highest BCUT2D eigenvalue weighted by atomic mass is 16.5. The zero-order valence-electron chi connectivity index (χ0n) is 14.4. The topological polar surface area (TPSA) is 67.9 Å². The van der Waals surface area contributed by atoms with Crippen LogP contribution in [0.15, 0.2) is 42.5 Å². The van der Waals surface area contributed by atoms with Crippen molar-refractivity contribution in [2.45, 2.75) is 19.5 Å². The molecule has 2 amide bonds. The average molecular weight is 340 g/mol. The van der Waals surface area contributed by atoms with Crippen LogP contribution in [0.2, 0.25) is 0 Å². The van der Waals surface area contributed by atoms with Gasteiger partial charge in [-0.3, -0.25) is 9.59 Å². The Labute approximate surface area is 146 Å². The molecule has 0 fully saturated rings. The van der Waals surface area contributed by atoms with Crippen LogP contribution >= 0.6 is 0 Å². The summed E-state index contributed by atoms with van der Waals surface area (Å²) in [6.45, 7) is 2.15. The molecule has 1 heterocycles. The Morgan fingerprint density at radius 3 is 2.36 bits per heavy atom. The molecule has 25 heavy (non-hydrogen) atoms. The lowest BCUT2D eigenvalue weighted by Gasteiger charge is -2.23. The first-order chi connectivity index (χ1) is 12.0. The second kappa shape index (κ2) is 6.84. The van der Waals surface area contributed by atoms with Gasteiger partial charge < -0.3 is 19.7 Å². The van der Waals surface area contributed by atoms with E-state index in [0.717, 1.165) is 5.56 Å². The summed E-state index contributed by atoms with van der Waals surface area (Å²) < 4.78 is 10.4. The molecule has 6 nitrogen and oxygen atoms in total. The molecule has 2 aromatic rings. The van der Waals surface area contributed by atoms with Gasteiger partial charge in [-0.15, -0.1) is 0 Å². The lowest BCUT2D eigenvalue weighted by molar-refractivity contribution is -0.120. The number of hydrogen-bond donors (Lipinski definition) is 1. The van der Waals surface area contributed by atoms with Gasteiger partial charge in [-0.05, 0) is 18.6 Å². The monoisotopic (exact) mass is 340 g/mol. The molecule has 0 bridgehead atoms. The Kier molecular flexibility index (Phi) is 4.61. The van der Waals surface area contributed by atoms with Crippen molar-refractivity contribution in [3.8, 4) is 11.5 Å². The number of anilines is 1. The number of fused-ring (bicyclic) bond motifs is 1. The molecule has 0 unspecified atom stereocenters. The SMILES string of the molecule is COc1cc(NC(=O)[C@H](C)N2Cc3ccccc3C2=O)cc(OC)c1. The first-order valence-corrected chi connectivity index (χ1v) is 7.96. The van der Waals surface area contributed by atoms with Crippen molar-refractivity contribution in [2.75, 3.05) is 19.5 Å². The lowest BCUT2D eigenvalue weighted by Crippen LogP contribution is -2.42. The molecule has 1 atom stereocenters. The van der Waals surface area contributed by atoms with Crippen LogP contribution in [0.5, 0.6) is 11.5 Å². The Bertz CT molecular complexity index is 797. The number of amides is 2. The summed E-state index contributed by atoms with van der Waals surface area (Å²) in [5, 5.41) is 2.82. The maximum Gasteiger partial charge on any atom is 0.255 e. The summed E-state index contributed by atoms with van der Waals surface area (Å²) in [7, 11) is 3.09. The summed E-state index contributed by atoms with van der Waals surface area (Å²) in [6, 6.07) is 11.9. The van der Waals surface area contributed by atoms with E-state index in [1.54, 1.807) is 50.3 Å². The van der Waals surface area contributed by atoms with Crippen LogP contribution in [0.3, 0.4) is 0 Å². The second-order valence-electron chi connectivity index (χ2n) is 5.86. The third-order valence-corrected chi connectivity index (χ3v) is 4.32. The number of carbonyl (C=O) groups excluding carboxylic acids is 2. The lowest BCUT2D eigenvalue weighted by atomic mass is 10.1. The zero-order chi connectivity index (χ0) is 18.0. The van der Waals surface area contributed by atoms with Crippen LogP contribution in [-0.2, 0) is 11.3 Å². The molecule has 1 aliphatic rings. The Balaban J connectivity index is 1.75. The van der Waals surface area contributed by atoms with Crippen LogP contribution < -0.4 is 14.8 Å². The smallest absolute Gasteiger partial charge is 0.255 e. The number of rotatable bonds is 5. The number of carbonyl (C=O) groups is 2. The van der Waals surface area contributed by atoms with Crippen molar-refractivity contribution in [1.29, 1.82) is 0 Å². The Morgan fingerprint density at radius 2 is 1.76 bits per heavy atom. The van der Waals surface area contributed by atoms with Crippen molar-refractivity contribution < 1.29 is 19.1 Å². The molecular formula is C19H20N2O4. The predicted molar refractivity (Wildman–Crippen MR) is 94.0 cm³/mol. The standard InChI is InChI=1S/C19H20N2O4/c1-12(21-11-13-6-4-5-7-17(13)19(21)23)18(22)20-14-8-15(24-2)10-16(9-14)25-3/h4-10,12H,11H2,1-3H3,(H,20,22)/t12-/m0/s1. The number of nitrogens with zero attached hydrogens (tertiary/aromatic N) is 1. The van der Waals surface area contributed by atoms with Crippen molar-refractivity contribution in [3.63, 3.8) is 0 Å². The zero-order valence-corrected chi connectivity index (χ0v) is 14.4. The highest BCUT2D eigenvalue weighted by Crippen LogP contribution is 2.27. The summed E-state index contributed by atoms with van der Waals surface area (Å²) in [5.41, 5.74) is 2.15. The fourth-order valence-electron chi connectivity index (χ4n) is 2.86. The third-order valence-electron chi connectivity index (χ3n) is 4.32. The molecule has 1 aliphatic heterocycles. The number of benzene rings is 2. The van der Waals surface area contributed by atoms with E-state index in [2.05, 4.69) is 5.32 Å². The van der Waals surface area contributed by atoms with Gasteiger partial charge >= 0.3 is 0 Å². The van der Waals surface area contributed by atoms with Crippen molar-refractivity contribution in [3.05, 3.63) is 53.6 Å². The largest absolute Gasteiger partial charge is 0.497 e. The average Bonchev–Trinajstić information content (AvgIpc) is 2.97. The fraction of sp³-hybridized carbons (Fsp3) is 0.263. The molecule has 130 valence electrons. The Morgan fingerprint density at radius 1 is 1.12 bits per heavy atom. The van der Waals surface area contributed by atoms with Gasteiger partial charge in [0, 0.05) is 36.0 Å². The van der Waals surface area contributed by atoms with Gasteiger partial charge in [0.05, 0.1) is 14.2 Å². The van der Waals surface area contributed by atoms with Gasteiger partial charge in [0.1, 0.15) is 17.5 Å². The summed E-state index contributed by atoms with van der Waals surface area (Å²) in [4.78, 5) is 26.7. The molecule has 1 N–H and O–H groups in total. The van der Waals surface area contributed by atoms with Crippen molar-refractivity contribution in [2.24, 2.45) is 0 Å². The first kappa shape index (κ1) is 16.8. The summed E-state index contributed by atoms with van der Waals surface area (Å²) in [6.07, 6.45) is 0. The van der Waals surface area contributed by atoms with Gasteiger partial charge in [0.2, 0.25) is 5.91 Å². The van der Waals surface area contributed by atoms with Gasteiger partial charge in [0.15, 0.2) is 0 Å². The van der Waals surface area contributed by atoms with E-state index in [4.69, 9.17) is 9.47 Å². The molecule has 0 spiro atoms. The molecule has 0 saturated heterocycles. The van der Waals surface area contributed by atoms with Gasteiger partial charge in [-0.1, -0.05) is 18.2 Å². The minimum atomic E-state index is -0.600. The van der Waals surface area contributed by atoms with Crippen LogP contribution in [0.1, 0.15) is 22.8 Å². The number of ether oxygens (including phenoxy) is 2. The van der Waals surface area contributed by atoms with Gasteiger partial charge in [-0.2, -0.15) is 0 Å². The molecule has 0 aliphatic carbocycles. The molecule has 6 heteroatoms. The maximum atomic E-state index is 12.6. The molecule has 0 saturated carbocycles. The first-order valence-electron chi connectivity index (χ1n) is 7.96. The van der Waals surface area contributed by atoms with Crippen molar-refractivity contribution >= 4 is 17.5 Å². The molecule has 0 aromatic heterocycles. The molecule has 3 rings (SSSR count). The number of hydrogen-bond acceptors (Lipinski definition) is 4. The highest BCUT2D eigenvalue weighted by molar-refractivity contribution is 6.03. The normalized spacial score (nSPS) is 14.0. The van der Waals surface area contributed by atoms with E-state index in [-0.39, 0.29) is 11.8 Å². The number of methoxy groups -OCH3 is 2. The van der Waals surface area contributed by atoms with Gasteiger partial charge in [0.25, 0.3) is 5.91 Å². The minimum absolute atomic E-state index is 0.124. The van der Waals surface area contributed by atoms with Crippen molar-refractivity contribution in [1.82, 2.24) is 4.90 Å². The van der Waals surface area contributed by atoms with Gasteiger partial charge in [-0.25, -0.2) is 0 Å². The van der Waals surface area contributed by atoms with Crippen LogP contribution in [0.25, 0.3) is 0 Å². The van der Waals surface area contributed by atoms with E-state index in [1.807, 2.05) is 18.2 Å².